The highest BCUT2D eigenvalue weighted by Gasteiger charge is 2.08. The van der Waals surface area contributed by atoms with E-state index < -0.39 is 0 Å². The predicted octanol–water partition coefficient (Wildman–Crippen LogP) is 3.09. The Balaban J connectivity index is 1.99. The maximum atomic E-state index is 6.00. The summed E-state index contributed by atoms with van der Waals surface area (Å²) in [4.78, 5) is 4.32. The van der Waals surface area contributed by atoms with Gasteiger partial charge >= 0.3 is 0 Å². The van der Waals surface area contributed by atoms with Crippen molar-refractivity contribution in [1.82, 2.24) is 14.1 Å². The number of methoxy groups -OCH3 is 1. The number of fused-ring (bicyclic) bond motifs is 1. The number of hydrogen-bond donors (Lipinski definition) is 0. The van der Waals surface area contributed by atoms with E-state index in [1.165, 1.54) is 0 Å². The van der Waals surface area contributed by atoms with E-state index in [-0.39, 0.29) is 0 Å². The summed E-state index contributed by atoms with van der Waals surface area (Å²) in [5.74, 6) is 1.80. The van der Waals surface area contributed by atoms with E-state index in [1.54, 1.807) is 13.3 Å². The molecular formula is C14H14ClN3O. The first kappa shape index (κ1) is 12.1. The Morgan fingerprint density at radius 1 is 1.32 bits per heavy atom. The largest absolute Gasteiger partial charge is 0.497 e. The highest BCUT2D eigenvalue weighted by Crippen LogP contribution is 2.22. The zero-order valence-electron chi connectivity index (χ0n) is 10.8. The third-order valence-electron chi connectivity index (χ3n) is 3.32. The molecule has 0 unspecified atom stereocenters. The van der Waals surface area contributed by atoms with Crippen molar-refractivity contribution in [2.75, 3.05) is 7.11 Å². The van der Waals surface area contributed by atoms with Crippen LogP contribution in [0.25, 0.3) is 10.9 Å². The Morgan fingerprint density at radius 2 is 2.16 bits per heavy atom. The second-order valence-electron chi connectivity index (χ2n) is 4.42. The summed E-state index contributed by atoms with van der Waals surface area (Å²) in [6, 6.07) is 8.11. The molecule has 3 aromatic rings. The van der Waals surface area contributed by atoms with Gasteiger partial charge in [-0.25, -0.2) is 4.98 Å². The molecule has 0 aliphatic rings. The summed E-state index contributed by atoms with van der Waals surface area (Å²) in [5.41, 5.74) is 1.15. The lowest BCUT2D eigenvalue weighted by molar-refractivity contribution is 0.415. The van der Waals surface area contributed by atoms with E-state index in [0.29, 0.717) is 11.7 Å². The highest BCUT2D eigenvalue weighted by molar-refractivity contribution is 6.29. The normalized spacial score (nSPS) is 11.1. The van der Waals surface area contributed by atoms with Crippen LogP contribution in [0, 0.1) is 0 Å². The van der Waals surface area contributed by atoms with Crippen LogP contribution in [-0.2, 0) is 13.6 Å². The minimum Gasteiger partial charge on any atom is -0.497 e. The zero-order chi connectivity index (χ0) is 13.4. The van der Waals surface area contributed by atoms with Crippen molar-refractivity contribution in [1.29, 1.82) is 0 Å². The van der Waals surface area contributed by atoms with Gasteiger partial charge in [-0.2, -0.15) is 0 Å². The van der Waals surface area contributed by atoms with Gasteiger partial charge in [0.1, 0.15) is 16.7 Å². The van der Waals surface area contributed by atoms with E-state index in [2.05, 4.69) is 21.7 Å². The molecule has 0 spiro atoms. The molecule has 0 radical (unpaired) electrons. The lowest BCUT2D eigenvalue weighted by Gasteiger charge is -2.06. The molecule has 2 aromatic heterocycles. The van der Waals surface area contributed by atoms with Crippen LogP contribution in [0.4, 0.5) is 0 Å². The molecule has 2 heterocycles. The van der Waals surface area contributed by atoms with Gasteiger partial charge in [-0.1, -0.05) is 11.6 Å². The molecule has 0 amide bonds. The van der Waals surface area contributed by atoms with E-state index in [4.69, 9.17) is 16.3 Å². The number of ether oxygens (including phenoxy) is 1. The molecule has 0 saturated heterocycles. The standard InChI is InChI=1S/C14H14ClN3O/c1-17-13(15)8-16-14(17)9-18-6-5-10-7-11(19-2)3-4-12(10)18/h3-8H,9H2,1-2H3. The van der Waals surface area contributed by atoms with Gasteiger partial charge in [0, 0.05) is 24.1 Å². The fraction of sp³-hybridized carbons (Fsp3) is 0.214. The molecule has 0 N–H and O–H groups in total. The van der Waals surface area contributed by atoms with Gasteiger partial charge in [0.05, 0.1) is 19.9 Å². The average Bonchev–Trinajstić information content (AvgIpc) is 2.97. The Hall–Kier alpha value is -1.94. The SMILES string of the molecule is COc1ccc2c(ccn2Cc2ncc(Cl)n2C)c1. The molecule has 0 saturated carbocycles. The Labute approximate surface area is 116 Å². The molecule has 4 nitrogen and oxygen atoms in total. The zero-order valence-corrected chi connectivity index (χ0v) is 11.6. The summed E-state index contributed by atoms with van der Waals surface area (Å²) >= 11 is 6.00. The van der Waals surface area contributed by atoms with Gasteiger partial charge in [0.25, 0.3) is 0 Å². The predicted molar refractivity (Wildman–Crippen MR) is 75.8 cm³/mol. The third-order valence-corrected chi connectivity index (χ3v) is 3.67. The van der Waals surface area contributed by atoms with Gasteiger partial charge in [0.2, 0.25) is 0 Å². The smallest absolute Gasteiger partial charge is 0.129 e. The van der Waals surface area contributed by atoms with Gasteiger partial charge in [-0.05, 0) is 24.3 Å². The van der Waals surface area contributed by atoms with E-state index in [1.807, 2.05) is 29.9 Å². The Kier molecular flexibility index (Phi) is 2.95. The lowest BCUT2D eigenvalue weighted by atomic mass is 10.2. The first-order chi connectivity index (χ1) is 9.19. The van der Waals surface area contributed by atoms with Crippen LogP contribution in [0.3, 0.4) is 0 Å². The average molecular weight is 276 g/mol. The first-order valence-electron chi connectivity index (χ1n) is 5.98. The number of rotatable bonds is 3. The van der Waals surface area contributed by atoms with Gasteiger partial charge in [-0.15, -0.1) is 0 Å². The maximum Gasteiger partial charge on any atom is 0.129 e. The van der Waals surface area contributed by atoms with Crippen molar-refractivity contribution in [3.63, 3.8) is 0 Å². The molecule has 3 rings (SSSR count). The molecule has 0 aliphatic carbocycles. The number of halogens is 1. The molecule has 98 valence electrons. The van der Waals surface area contributed by atoms with Gasteiger partial charge < -0.3 is 13.9 Å². The molecule has 0 atom stereocenters. The number of nitrogens with zero attached hydrogens (tertiary/aromatic N) is 3. The van der Waals surface area contributed by atoms with Crippen LogP contribution in [0.5, 0.6) is 5.75 Å². The molecule has 19 heavy (non-hydrogen) atoms. The fourth-order valence-electron chi connectivity index (χ4n) is 2.17. The molecule has 0 fully saturated rings. The topological polar surface area (TPSA) is 32.0 Å². The van der Waals surface area contributed by atoms with Crippen molar-refractivity contribution in [2.45, 2.75) is 6.54 Å². The maximum absolute atomic E-state index is 6.00. The minimum absolute atomic E-state index is 0.646. The number of benzene rings is 1. The molecule has 1 aromatic carbocycles. The summed E-state index contributed by atoms with van der Waals surface area (Å²) in [6.07, 6.45) is 3.72. The van der Waals surface area contributed by atoms with Crippen LogP contribution in [0.1, 0.15) is 5.82 Å². The summed E-state index contributed by atoms with van der Waals surface area (Å²) in [7, 11) is 3.59. The van der Waals surface area contributed by atoms with Crippen molar-refractivity contribution >= 4 is 22.5 Å². The van der Waals surface area contributed by atoms with E-state index in [0.717, 1.165) is 22.5 Å². The van der Waals surface area contributed by atoms with Crippen LogP contribution >= 0.6 is 11.6 Å². The van der Waals surface area contributed by atoms with Crippen LogP contribution in [0.15, 0.2) is 36.7 Å². The quantitative estimate of drug-likeness (QED) is 0.736. The van der Waals surface area contributed by atoms with Crippen molar-refractivity contribution in [2.24, 2.45) is 7.05 Å². The fourth-order valence-corrected chi connectivity index (χ4v) is 2.31. The molecule has 0 bridgehead atoms. The van der Waals surface area contributed by atoms with Crippen LogP contribution in [0.2, 0.25) is 5.15 Å². The first-order valence-corrected chi connectivity index (χ1v) is 6.36. The minimum atomic E-state index is 0.646. The van der Waals surface area contributed by atoms with Crippen LogP contribution < -0.4 is 4.74 Å². The summed E-state index contributed by atoms with van der Waals surface area (Å²) in [6.45, 7) is 0.694. The van der Waals surface area contributed by atoms with E-state index in [9.17, 15) is 0 Å². The number of aromatic nitrogens is 3. The van der Waals surface area contributed by atoms with Gasteiger partial charge in [0.15, 0.2) is 0 Å². The lowest BCUT2D eigenvalue weighted by Crippen LogP contribution is -2.05. The Morgan fingerprint density at radius 3 is 2.84 bits per heavy atom. The molecule has 0 aliphatic heterocycles. The van der Waals surface area contributed by atoms with Crippen LogP contribution in [-0.4, -0.2) is 21.2 Å². The Bertz CT molecular complexity index is 729. The van der Waals surface area contributed by atoms with Crippen molar-refractivity contribution in [3.8, 4) is 5.75 Å². The third kappa shape index (κ3) is 2.08. The van der Waals surface area contributed by atoms with E-state index >= 15 is 0 Å². The molecule has 5 heteroatoms. The van der Waals surface area contributed by atoms with Crippen molar-refractivity contribution in [3.05, 3.63) is 47.6 Å². The second-order valence-corrected chi connectivity index (χ2v) is 4.81. The summed E-state index contributed by atoms with van der Waals surface area (Å²) in [5, 5.41) is 1.80. The number of imidazole rings is 1. The highest BCUT2D eigenvalue weighted by atomic mass is 35.5. The summed E-state index contributed by atoms with van der Waals surface area (Å²) < 4.78 is 9.26. The molecular weight excluding hydrogens is 262 g/mol. The number of hydrogen-bond acceptors (Lipinski definition) is 2. The second kappa shape index (κ2) is 4.63. The van der Waals surface area contributed by atoms with Crippen molar-refractivity contribution < 1.29 is 4.74 Å². The monoisotopic (exact) mass is 275 g/mol. The van der Waals surface area contributed by atoms with Gasteiger partial charge in [-0.3, -0.25) is 0 Å².